The maximum Gasteiger partial charge on any atom is 0.156 e. The maximum absolute atomic E-state index is 5.70. The van der Waals surface area contributed by atoms with Gasteiger partial charge in [0, 0.05) is 30.9 Å². The minimum Gasteiger partial charge on any atom is -0.378 e. The quantitative estimate of drug-likeness (QED) is 0.839. The maximum atomic E-state index is 5.70. The molecule has 2 aliphatic heterocycles. The highest BCUT2D eigenvalue weighted by Gasteiger charge is 2.26. The summed E-state index contributed by atoms with van der Waals surface area (Å²) in [7, 11) is 0. The lowest BCUT2D eigenvalue weighted by molar-refractivity contribution is 0.0893. The molecule has 0 aliphatic carbocycles. The second-order valence-electron chi connectivity index (χ2n) is 4.90. The van der Waals surface area contributed by atoms with Crippen molar-refractivity contribution in [3.63, 3.8) is 0 Å². The molecule has 2 heterocycles. The fourth-order valence-electron chi connectivity index (χ4n) is 2.54. The van der Waals surface area contributed by atoms with Gasteiger partial charge in [-0.3, -0.25) is 4.99 Å². The van der Waals surface area contributed by atoms with Gasteiger partial charge in [0.05, 0.1) is 6.10 Å². The molecule has 0 bridgehead atoms. The number of hydrogen-bond donors (Lipinski definition) is 1. The van der Waals surface area contributed by atoms with Crippen LogP contribution in [0.25, 0.3) is 0 Å². The average Bonchev–Trinajstić information content (AvgIpc) is 2.84. The molecule has 0 amide bonds. The Morgan fingerprint density at radius 2 is 2.24 bits per heavy atom. The minimum atomic E-state index is 0.440. The molecular formula is C13H24N2OS. The number of nitrogens with one attached hydrogen (secondary N) is 1. The topological polar surface area (TPSA) is 33.6 Å². The van der Waals surface area contributed by atoms with Crippen LogP contribution >= 0.6 is 11.8 Å². The summed E-state index contributed by atoms with van der Waals surface area (Å²) >= 11 is 1.87. The van der Waals surface area contributed by atoms with E-state index in [9.17, 15) is 0 Å². The highest BCUT2D eigenvalue weighted by molar-refractivity contribution is 8.13. The second-order valence-corrected chi connectivity index (χ2v) is 5.98. The van der Waals surface area contributed by atoms with Crippen LogP contribution in [0.15, 0.2) is 4.99 Å². The zero-order chi connectivity index (χ0) is 12.1. The number of amidine groups is 1. The molecule has 0 aromatic carbocycles. The number of hydrogen-bond acceptors (Lipinski definition) is 3. The third-order valence-electron chi connectivity index (χ3n) is 3.74. The number of ether oxygens (including phenoxy) is 1. The lowest BCUT2D eigenvalue weighted by atomic mass is 10.0. The van der Waals surface area contributed by atoms with E-state index in [0.717, 1.165) is 24.7 Å². The van der Waals surface area contributed by atoms with Crippen molar-refractivity contribution in [3.05, 3.63) is 0 Å². The van der Waals surface area contributed by atoms with Gasteiger partial charge in [-0.05, 0) is 25.7 Å². The van der Waals surface area contributed by atoms with Gasteiger partial charge in [-0.15, -0.1) is 0 Å². The first-order valence-corrected chi connectivity index (χ1v) is 7.87. The molecule has 2 saturated heterocycles. The summed E-state index contributed by atoms with van der Waals surface area (Å²) in [6.45, 7) is 6.30. The predicted octanol–water partition coefficient (Wildman–Crippen LogP) is 2.66. The van der Waals surface area contributed by atoms with Crippen LogP contribution in [0.4, 0.5) is 0 Å². The van der Waals surface area contributed by atoms with Crippen molar-refractivity contribution < 1.29 is 4.74 Å². The van der Waals surface area contributed by atoms with Crippen molar-refractivity contribution in [2.24, 2.45) is 10.9 Å². The molecule has 98 valence electrons. The smallest absolute Gasteiger partial charge is 0.156 e. The molecule has 0 radical (unpaired) electrons. The highest BCUT2D eigenvalue weighted by Crippen LogP contribution is 2.24. The van der Waals surface area contributed by atoms with Crippen molar-refractivity contribution >= 4 is 16.9 Å². The van der Waals surface area contributed by atoms with Crippen LogP contribution < -0.4 is 5.32 Å². The fourth-order valence-corrected chi connectivity index (χ4v) is 3.55. The van der Waals surface area contributed by atoms with Crippen molar-refractivity contribution in [2.45, 2.75) is 51.7 Å². The van der Waals surface area contributed by atoms with Crippen LogP contribution in [0, 0.1) is 5.92 Å². The SMILES string of the molecule is CCC1CCSC(=NCC2CCOC2CC)N1. The van der Waals surface area contributed by atoms with Crippen molar-refractivity contribution in [1.82, 2.24) is 5.32 Å². The van der Waals surface area contributed by atoms with Gasteiger partial charge in [0.25, 0.3) is 0 Å². The molecule has 0 aromatic rings. The largest absolute Gasteiger partial charge is 0.378 e. The Morgan fingerprint density at radius 3 is 3.00 bits per heavy atom. The predicted molar refractivity (Wildman–Crippen MR) is 74.7 cm³/mol. The number of aliphatic imine (C=N–C) groups is 1. The molecule has 1 N–H and O–H groups in total. The number of nitrogens with zero attached hydrogens (tertiary/aromatic N) is 1. The van der Waals surface area contributed by atoms with Gasteiger partial charge in [-0.1, -0.05) is 25.6 Å². The first-order chi connectivity index (χ1) is 8.33. The van der Waals surface area contributed by atoms with Gasteiger partial charge >= 0.3 is 0 Å². The normalized spacial score (nSPS) is 36.1. The van der Waals surface area contributed by atoms with E-state index in [1.807, 2.05) is 11.8 Å². The Bertz CT molecular complexity index is 270. The minimum absolute atomic E-state index is 0.440. The Morgan fingerprint density at radius 1 is 1.35 bits per heavy atom. The van der Waals surface area contributed by atoms with Crippen molar-refractivity contribution in [2.75, 3.05) is 18.9 Å². The third kappa shape index (κ3) is 3.62. The molecule has 17 heavy (non-hydrogen) atoms. The van der Waals surface area contributed by atoms with Gasteiger partial charge in [-0.2, -0.15) is 0 Å². The second kappa shape index (κ2) is 6.64. The van der Waals surface area contributed by atoms with E-state index in [1.165, 1.54) is 25.0 Å². The summed E-state index contributed by atoms with van der Waals surface area (Å²) in [4.78, 5) is 4.75. The zero-order valence-electron chi connectivity index (χ0n) is 10.9. The Labute approximate surface area is 109 Å². The molecular weight excluding hydrogens is 232 g/mol. The van der Waals surface area contributed by atoms with Crippen molar-refractivity contribution in [1.29, 1.82) is 0 Å². The summed E-state index contributed by atoms with van der Waals surface area (Å²) in [6.07, 6.45) is 5.20. The van der Waals surface area contributed by atoms with E-state index < -0.39 is 0 Å². The van der Waals surface area contributed by atoms with Crippen molar-refractivity contribution in [3.8, 4) is 0 Å². The van der Waals surface area contributed by atoms with Gasteiger partial charge in [0.2, 0.25) is 0 Å². The standard InChI is InChI=1S/C13H24N2OS/c1-3-11-6-8-17-13(15-11)14-9-10-5-7-16-12(10)4-2/h10-12H,3-9H2,1-2H3,(H,14,15). The Kier molecular flexibility index (Phi) is 5.16. The lowest BCUT2D eigenvalue weighted by Gasteiger charge is -2.24. The van der Waals surface area contributed by atoms with E-state index in [0.29, 0.717) is 18.1 Å². The van der Waals surface area contributed by atoms with E-state index >= 15 is 0 Å². The fraction of sp³-hybridized carbons (Fsp3) is 0.923. The number of thioether (sulfide) groups is 1. The van der Waals surface area contributed by atoms with Crippen LogP contribution in [0.1, 0.15) is 39.5 Å². The van der Waals surface area contributed by atoms with E-state index in [1.54, 1.807) is 0 Å². The molecule has 0 spiro atoms. The highest BCUT2D eigenvalue weighted by atomic mass is 32.2. The summed E-state index contributed by atoms with van der Waals surface area (Å²) in [6, 6.07) is 0.636. The Balaban J connectivity index is 1.82. The van der Waals surface area contributed by atoms with E-state index in [2.05, 4.69) is 19.2 Å². The molecule has 3 nitrogen and oxygen atoms in total. The van der Waals surface area contributed by atoms with E-state index in [-0.39, 0.29) is 0 Å². The van der Waals surface area contributed by atoms with Crippen LogP contribution in [-0.4, -0.2) is 36.2 Å². The summed E-state index contributed by atoms with van der Waals surface area (Å²) in [5.74, 6) is 1.85. The van der Waals surface area contributed by atoms with Gasteiger partial charge in [0.15, 0.2) is 5.17 Å². The van der Waals surface area contributed by atoms with Gasteiger partial charge < -0.3 is 10.1 Å². The summed E-state index contributed by atoms with van der Waals surface area (Å²) in [5.41, 5.74) is 0. The summed E-state index contributed by atoms with van der Waals surface area (Å²) in [5, 5.41) is 4.69. The summed E-state index contributed by atoms with van der Waals surface area (Å²) < 4.78 is 5.70. The number of rotatable bonds is 4. The molecule has 0 aromatic heterocycles. The van der Waals surface area contributed by atoms with Gasteiger partial charge in [0.1, 0.15) is 0 Å². The molecule has 4 heteroatoms. The molecule has 2 rings (SSSR count). The monoisotopic (exact) mass is 256 g/mol. The van der Waals surface area contributed by atoms with Crippen LogP contribution in [0.2, 0.25) is 0 Å². The van der Waals surface area contributed by atoms with Crippen LogP contribution in [-0.2, 0) is 4.74 Å². The molecule has 0 saturated carbocycles. The third-order valence-corrected chi connectivity index (χ3v) is 4.70. The van der Waals surface area contributed by atoms with Crippen LogP contribution in [0.5, 0.6) is 0 Å². The van der Waals surface area contributed by atoms with Crippen LogP contribution in [0.3, 0.4) is 0 Å². The molecule has 2 fully saturated rings. The lowest BCUT2D eigenvalue weighted by Crippen LogP contribution is -2.37. The first kappa shape index (κ1) is 13.2. The molecule has 3 unspecified atom stereocenters. The first-order valence-electron chi connectivity index (χ1n) is 6.88. The van der Waals surface area contributed by atoms with Gasteiger partial charge in [-0.25, -0.2) is 0 Å². The Hall–Kier alpha value is -0.220. The molecule has 3 atom stereocenters. The zero-order valence-corrected chi connectivity index (χ0v) is 11.8. The molecule has 2 aliphatic rings. The average molecular weight is 256 g/mol. The van der Waals surface area contributed by atoms with E-state index in [4.69, 9.17) is 9.73 Å².